The highest BCUT2D eigenvalue weighted by Crippen LogP contribution is 2.41. The molecule has 108 valence electrons. The molecule has 1 saturated carbocycles. The van der Waals surface area contributed by atoms with E-state index in [4.69, 9.17) is 0 Å². The first-order valence-corrected chi connectivity index (χ1v) is 8.11. The molecule has 2 aliphatic rings. The molecule has 1 heteroatoms. The van der Waals surface area contributed by atoms with E-state index in [0.29, 0.717) is 11.5 Å². The Balaban J connectivity index is 1.62. The quantitative estimate of drug-likeness (QED) is 0.674. The first kappa shape index (κ1) is 12.9. The highest BCUT2D eigenvalue weighted by atomic mass is 14.9. The number of rotatable bonds is 2. The summed E-state index contributed by atoms with van der Waals surface area (Å²) < 4.78 is 0. The van der Waals surface area contributed by atoms with Crippen LogP contribution in [0.15, 0.2) is 42.5 Å². The van der Waals surface area contributed by atoms with Gasteiger partial charge in [0.05, 0.1) is 0 Å². The van der Waals surface area contributed by atoms with Gasteiger partial charge < -0.3 is 5.32 Å². The third kappa shape index (κ3) is 2.16. The normalized spacial score (nSPS) is 21.9. The summed E-state index contributed by atoms with van der Waals surface area (Å²) in [5.74, 6) is 0. The number of fused-ring (bicyclic) bond motifs is 3. The fourth-order valence-corrected chi connectivity index (χ4v) is 4.03. The van der Waals surface area contributed by atoms with Gasteiger partial charge in [-0.1, -0.05) is 50.6 Å². The van der Waals surface area contributed by atoms with Crippen LogP contribution in [0.4, 0.5) is 5.69 Å². The second-order valence-corrected chi connectivity index (χ2v) is 7.28. The highest BCUT2D eigenvalue weighted by molar-refractivity contribution is 5.78. The van der Waals surface area contributed by atoms with Gasteiger partial charge in [0.15, 0.2) is 0 Å². The molecule has 0 heterocycles. The van der Waals surface area contributed by atoms with E-state index >= 15 is 0 Å². The van der Waals surface area contributed by atoms with Crippen LogP contribution in [0.2, 0.25) is 0 Å². The van der Waals surface area contributed by atoms with Gasteiger partial charge in [-0.3, -0.25) is 0 Å². The molecule has 4 rings (SSSR count). The maximum Gasteiger partial charge on any atom is 0.0345 e. The molecule has 0 aromatic heterocycles. The van der Waals surface area contributed by atoms with Gasteiger partial charge in [-0.2, -0.15) is 0 Å². The number of hydrogen-bond acceptors (Lipinski definition) is 1. The predicted molar refractivity (Wildman–Crippen MR) is 89.7 cm³/mol. The van der Waals surface area contributed by atoms with Gasteiger partial charge in [0.2, 0.25) is 0 Å². The van der Waals surface area contributed by atoms with Crippen molar-refractivity contribution in [2.45, 2.75) is 45.6 Å². The average molecular weight is 277 g/mol. The Morgan fingerprint density at radius 2 is 1.81 bits per heavy atom. The van der Waals surface area contributed by atoms with Crippen LogP contribution in [0.1, 0.15) is 44.2 Å². The smallest absolute Gasteiger partial charge is 0.0345 e. The van der Waals surface area contributed by atoms with Gasteiger partial charge >= 0.3 is 0 Å². The molecule has 2 aromatic rings. The standard InChI is InChI=1S/C20H23N/c1-20(2)11-5-8-19(20)21-16-9-10-18-15(13-16)12-14-6-3-4-7-17(14)18/h3-4,6-7,9-10,13,19,21H,5,8,11-12H2,1-2H3. The number of hydrogen-bond donors (Lipinski definition) is 1. The topological polar surface area (TPSA) is 12.0 Å². The molecular weight excluding hydrogens is 254 g/mol. The fraction of sp³-hybridized carbons (Fsp3) is 0.400. The van der Waals surface area contributed by atoms with Gasteiger partial charge in [0.1, 0.15) is 0 Å². The molecule has 0 aliphatic heterocycles. The van der Waals surface area contributed by atoms with Gasteiger partial charge in [-0.25, -0.2) is 0 Å². The van der Waals surface area contributed by atoms with E-state index in [1.807, 2.05) is 0 Å². The van der Waals surface area contributed by atoms with E-state index in [0.717, 1.165) is 6.42 Å². The van der Waals surface area contributed by atoms with E-state index < -0.39 is 0 Å². The second kappa shape index (κ2) is 4.62. The molecule has 0 bridgehead atoms. The Morgan fingerprint density at radius 1 is 1.00 bits per heavy atom. The lowest BCUT2D eigenvalue weighted by Crippen LogP contribution is -2.30. The van der Waals surface area contributed by atoms with Crippen LogP contribution >= 0.6 is 0 Å². The van der Waals surface area contributed by atoms with E-state index in [1.54, 1.807) is 0 Å². The second-order valence-electron chi connectivity index (χ2n) is 7.28. The Hall–Kier alpha value is -1.76. The lowest BCUT2D eigenvalue weighted by atomic mass is 9.87. The summed E-state index contributed by atoms with van der Waals surface area (Å²) in [6, 6.07) is 16.3. The van der Waals surface area contributed by atoms with Gasteiger partial charge in [0, 0.05) is 11.7 Å². The number of benzene rings is 2. The summed E-state index contributed by atoms with van der Waals surface area (Å²) in [6.45, 7) is 4.78. The largest absolute Gasteiger partial charge is 0.382 e. The minimum absolute atomic E-state index is 0.419. The molecule has 2 aliphatic carbocycles. The van der Waals surface area contributed by atoms with E-state index in [9.17, 15) is 0 Å². The third-order valence-corrected chi connectivity index (χ3v) is 5.39. The van der Waals surface area contributed by atoms with Crippen LogP contribution in [0.25, 0.3) is 11.1 Å². The van der Waals surface area contributed by atoms with Crippen LogP contribution in [0, 0.1) is 5.41 Å². The predicted octanol–water partition coefficient (Wildman–Crippen LogP) is 5.25. The van der Waals surface area contributed by atoms with Crippen molar-refractivity contribution in [2.24, 2.45) is 5.41 Å². The van der Waals surface area contributed by atoms with Crippen molar-refractivity contribution in [3.63, 3.8) is 0 Å². The zero-order chi connectivity index (χ0) is 14.4. The summed E-state index contributed by atoms with van der Waals surface area (Å²) in [5, 5.41) is 3.79. The van der Waals surface area contributed by atoms with Crippen molar-refractivity contribution in [1.82, 2.24) is 0 Å². The Kier molecular flexibility index (Phi) is 2.85. The molecule has 0 radical (unpaired) electrons. The maximum atomic E-state index is 3.79. The van der Waals surface area contributed by atoms with Crippen molar-refractivity contribution in [1.29, 1.82) is 0 Å². The Bertz CT molecular complexity index is 684. The van der Waals surface area contributed by atoms with E-state index in [2.05, 4.69) is 61.6 Å². The Labute approximate surface area is 127 Å². The molecule has 0 saturated heterocycles. The molecule has 1 nitrogen and oxygen atoms in total. The monoisotopic (exact) mass is 277 g/mol. The first-order valence-electron chi connectivity index (χ1n) is 8.11. The molecule has 1 unspecified atom stereocenters. The molecule has 0 spiro atoms. The molecule has 1 atom stereocenters. The third-order valence-electron chi connectivity index (χ3n) is 5.39. The average Bonchev–Trinajstić information content (AvgIpc) is 2.99. The molecule has 2 aromatic carbocycles. The number of nitrogens with one attached hydrogen (secondary N) is 1. The SMILES string of the molecule is CC1(C)CCCC1Nc1ccc2c(c1)Cc1ccccc1-2. The van der Waals surface area contributed by atoms with Gasteiger partial charge in [-0.15, -0.1) is 0 Å². The summed E-state index contributed by atoms with van der Waals surface area (Å²) >= 11 is 0. The summed E-state index contributed by atoms with van der Waals surface area (Å²) in [7, 11) is 0. The molecule has 1 N–H and O–H groups in total. The van der Waals surface area contributed by atoms with Crippen molar-refractivity contribution in [3.05, 3.63) is 53.6 Å². The minimum Gasteiger partial charge on any atom is -0.382 e. The van der Waals surface area contributed by atoms with E-state index in [1.165, 1.54) is 47.2 Å². The summed E-state index contributed by atoms with van der Waals surface area (Å²) in [5.41, 5.74) is 7.48. The number of anilines is 1. The Morgan fingerprint density at radius 3 is 2.62 bits per heavy atom. The fourth-order valence-electron chi connectivity index (χ4n) is 4.03. The van der Waals surface area contributed by atoms with Crippen molar-refractivity contribution < 1.29 is 0 Å². The lowest BCUT2D eigenvalue weighted by molar-refractivity contribution is 0.350. The maximum absolute atomic E-state index is 3.79. The van der Waals surface area contributed by atoms with Crippen molar-refractivity contribution in [3.8, 4) is 11.1 Å². The molecule has 1 fully saturated rings. The summed E-state index contributed by atoms with van der Waals surface area (Å²) in [6.07, 6.45) is 5.06. The van der Waals surface area contributed by atoms with Crippen LogP contribution in [-0.4, -0.2) is 6.04 Å². The van der Waals surface area contributed by atoms with Crippen LogP contribution in [0.3, 0.4) is 0 Å². The van der Waals surface area contributed by atoms with Crippen LogP contribution in [-0.2, 0) is 6.42 Å². The minimum atomic E-state index is 0.419. The summed E-state index contributed by atoms with van der Waals surface area (Å²) in [4.78, 5) is 0. The molecule has 0 amide bonds. The van der Waals surface area contributed by atoms with Gasteiger partial charge in [0.25, 0.3) is 0 Å². The van der Waals surface area contributed by atoms with E-state index in [-0.39, 0.29) is 0 Å². The zero-order valence-electron chi connectivity index (χ0n) is 12.9. The van der Waals surface area contributed by atoms with Crippen molar-refractivity contribution in [2.75, 3.05) is 5.32 Å². The van der Waals surface area contributed by atoms with Crippen LogP contribution < -0.4 is 5.32 Å². The van der Waals surface area contributed by atoms with Crippen LogP contribution in [0.5, 0.6) is 0 Å². The zero-order valence-corrected chi connectivity index (χ0v) is 12.9. The molecule has 21 heavy (non-hydrogen) atoms. The highest BCUT2D eigenvalue weighted by Gasteiger charge is 2.34. The first-order chi connectivity index (χ1) is 10.1. The van der Waals surface area contributed by atoms with Crippen molar-refractivity contribution >= 4 is 5.69 Å². The molecular formula is C20H23N. The van der Waals surface area contributed by atoms with Gasteiger partial charge in [-0.05, 0) is 59.1 Å². The lowest BCUT2D eigenvalue weighted by Gasteiger charge is -2.29.